The van der Waals surface area contributed by atoms with Crippen molar-refractivity contribution in [2.24, 2.45) is 0 Å². The van der Waals surface area contributed by atoms with Gasteiger partial charge in [-0.3, -0.25) is 9.88 Å². The highest BCUT2D eigenvalue weighted by Crippen LogP contribution is 2.20. The molecule has 1 N–H and O–H groups in total. The van der Waals surface area contributed by atoms with E-state index in [0.717, 1.165) is 28.2 Å². The maximum Gasteiger partial charge on any atom is 0.140 e. The maximum atomic E-state index is 14.3. The van der Waals surface area contributed by atoms with Crippen molar-refractivity contribution in [1.29, 1.82) is 0 Å². The van der Waals surface area contributed by atoms with Gasteiger partial charge in [0.1, 0.15) is 24.7 Å². The molecular weight excluding hydrogens is 319 g/mol. The molecule has 0 bridgehead atoms. The fourth-order valence-corrected chi connectivity index (χ4v) is 3.27. The fourth-order valence-electron chi connectivity index (χ4n) is 3.27. The minimum atomic E-state index is -0.991. The third-order valence-electron chi connectivity index (χ3n) is 4.48. The summed E-state index contributed by atoms with van der Waals surface area (Å²) in [5, 5.41) is 0. The Labute approximate surface area is 145 Å². The number of hydrogen-bond acceptors (Lipinski definition) is 4. The molecule has 0 spiro atoms. The molecule has 0 aliphatic carbocycles. The van der Waals surface area contributed by atoms with Gasteiger partial charge < -0.3 is 9.72 Å². The average Bonchev–Trinajstić information content (AvgIpc) is 3.15. The topological polar surface area (TPSA) is 54.0 Å². The molecule has 1 fully saturated rings. The highest BCUT2D eigenvalue weighted by atomic mass is 19.1. The second-order valence-corrected chi connectivity index (χ2v) is 6.53. The Morgan fingerprint density at radius 1 is 1.16 bits per heavy atom. The Kier molecular flexibility index (Phi) is 4.46. The SMILES string of the molecule is Cc1cccc(CN2C[C@@H](F)[C@@H](OCc3nc4ccccc4[nH]3)C2)n1. The van der Waals surface area contributed by atoms with Crippen molar-refractivity contribution >= 4 is 11.0 Å². The van der Waals surface area contributed by atoms with E-state index in [1.807, 2.05) is 49.4 Å². The highest BCUT2D eigenvalue weighted by molar-refractivity contribution is 5.74. The number of alkyl halides is 1. The standard InChI is InChI=1S/C19H21FN4O/c1-13-5-4-6-14(21-13)9-24-10-15(20)18(11-24)25-12-19-22-16-7-2-3-8-17(16)23-19/h2-8,15,18H,9-12H2,1H3,(H,22,23)/t15-,18+/m1/s1. The third kappa shape index (κ3) is 3.70. The Hall–Kier alpha value is -2.31. The van der Waals surface area contributed by atoms with Gasteiger partial charge >= 0.3 is 0 Å². The predicted octanol–water partition coefficient (Wildman–Crippen LogP) is 3.01. The van der Waals surface area contributed by atoms with Crippen molar-refractivity contribution in [3.05, 3.63) is 59.7 Å². The van der Waals surface area contributed by atoms with Gasteiger partial charge in [0.15, 0.2) is 0 Å². The summed E-state index contributed by atoms with van der Waals surface area (Å²) in [6.07, 6.45) is -1.42. The van der Waals surface area contributed by atoms with E-state index in [1.54, 1.807) is 0 Å². The summed E-state index contributed by atoms with van der Waals surface area (Å²) in [6.45, 7) is 3.84. The van der Waals surface area contributed by atoms with E-state index in [0.29, 0.717) is 19.6 Å². The summed E-state index contributed by atoms with van der Waals surface area (Å²) in [6, 6.07) is 13.7. The Morgan fingerprint density at radius 2 is 2.04 bits per heavy atom. The number of pyridine rings is 1. The number of aromatic nitrogens is 3. The number of aryl methyl sites for hydroxylation is 1. The molecule has 6 heteroatoms. The molecule has 0 unspecified atom stereocenters. The van der Waals surface area contributed by atoms with Gasteiger partial charge in [-0.05, 0) is 31.2 Å². The number of aromatic amines is 1. The van der Waals surface area contributed by atoms with E-state index in [4.69, 9.17) is 4.74 Å². The lowest BCUT2D eigenvalue weighted by molar-refractivity contribution is 0.00861. The molecule has 2 atom stereocenters. The zero-order chi connectivity index (χ0) is 17.2. The van der Waals surface area contributed by atoms with Crippen LogP contribution in [0.2, 0.25) is 0 Å². The Bertz CT molecular complexity index is 832. The highest BCUT2D eigenvalue weighted by Gasteiger charge is 2.33. The van der Waals surface area contributed by atoms with E-state index >= 15 is 0 Å². The van der Waals surface area contributed by atoms with Crippen LogP contribution in [0.15, 0.2) is 42.5 Å². The Morgan fingerprint density at radius 3 is 2.88 bits per heavy atom. The van der Waals surface area contributed by atoms with Crippen LogP contribution < -0.4 is 0 Å². The van der Waals surface area contributed by atoms with E-state index in [1.165, 1.54) is 0 Å². The lowest BCUT2D eigenvalue weighted by Crippen LogP contribution is -2.24. The van der Waals surface area contributed by atoms with Crippen molar-refractivity contribution in [3.63, 3.8) is 0 Å². The average molecular weight is 340 g/mol. The van der Waals surface area contributed by atoms with Gasteiger partial charge in [-0.2, -0.15) is 0 Å². The third-order valence-corrected chi connectivity index (χ3v) is 4.48. The number of para-hydroxylation sites is 2. The number of nitrogens with one attached hydrogen (secondary N) is 1. The second kappa shape index (κ2) is 6.90. The first kappa shape index (κ1) is 16.2. The molecule has 2 aromatic heterocycles. The van der Waals surface area contributed by atoms with Crippen LogP contribution in [0.4, 0.5) is 4.39 Å². The summed E-state index contributed by atoms with van der Waals surface area (Å²) >= 11 is 0. The number of fused-ring (bicyclic) bond motifs is 1. The molecule has 1 aromatic carbocycles. The molecule has 3 heterocycles. The first-order chi connectivity index (χ1) is 12.2. The van der Waals surface area contributed by atoms with Gasteiger partial charge in [0.25, 0.3) is 0 Å². The monoisotopic (exact) mass is 340 g/mol. The second-order valence-electron chi connectivity index (χ2n) is 6.53. The smallest absolute Gasteiger partial charge is 0.140 e. The van der Waals surface area contributed by atoms with Gasteiger partial charge in [0.2, 0.25) is 0 Å². The van der Waals surface area contributed by atoms with Crippen molar-refractivity contribution in [2.75, 3.05) is 13.1 Å². The largest absolute Gasteiger partial charge is 0.366 e. The molecule has 0 amide bonds. The number of H-pyrrole nitrogens is 1. The molecule has 1 aliphatic heterocycles. The summed E-state index contributed by atoms with van der Waals surface area (Å²) in [5.74, 6) is 0.729. The number of nitrogens with zero attached hydrogens (tertiary/aromatic N) is 3. The molecule has 0 saturated carbocycles. The van der Waals surface area contributed by atoms with Crippen LogP contribution in [0, 0.1) is 6.92 Å². The van der Waals surface area contributed by atoms with Gasteiger partial charge in [0, 0.05) is 25.3 Å². The minimum Gasteiger partial charge on any atom is -0.366 e. The fraction of sp³-hybridized carbons (Fsp3) is 0.368. The normalized spacial score (nSPS) is 21.2. The summed E-state index contributed by atoms with van der Waals surface area (Å²) < 4.78 is 20.1. The molecule has 130 valence electrons. The quantitative estimate of drug-likeness (QED) is 0.776. The zero-order valence-corrected chi connectivity index (χ0v) is 14.2. The molecular formula is C19H21FN4O. The first-order valence-corrected chi connectivity index (χ1v) is 8.51. The van der Waals surface area contributed by atoms with E-state index in [2.05, 4.69) is 19.9 Å². The lowest BCUT2D eigenvalue weighted by atomic mass is 10.3. The number of rotatable bonds is 5. The number of halogens is 1. The first-order valence-electron chi connectivity index (χ1n) is 8.51. The minimum absolute atomic E-state index is 0.288. The molecule has 1 saturated heterocycles. The summed E-state index contributed by atoms with van der Waals surface area (Å²) in [4.78, 5) is 14.2. The molecule has 1 aliphatic rings. The van der Waals surface area contributed by atoms with Gasteiger partial charge in [-0.15, -0.1) is 0 Å². The number of benzene rings is 1. The molecule has 3 aromatic rings. The van der Waals surface area contributed by atoms with Gasteiger partial charge in [-0.1, -0.05) is 18.2 Å². The van der Waals surface area contributed by atoms with E-state index in [-0.39, 0.29) is 6.61 Å². The number of likely N-dealkylation sites (tertiary alicyclic amines) is 1. The van der Waals surface area contributed by atoms with Crippen molar-refractivity contribution in [3.8, 4) is 0 Å². The number of ether oxygens (including phenoxy) is 1. The van der Waals surface area contributed by atoms with Crippen LogP contribution in [0.3, 0.4) is 0 Å². The van der Waals surface area contributed by atoms with Crippen molar-refractivity contribution < 1.29 is 9.13 Å². The zero-order valence-electron chi connectivity index (χ0n) is 14.2. The van der Waals surface area contributed by atoms with Crippen molar-refractivity contribution in [1.82, 2.24) is 19.9 Å². The van der Waals surface area contributed by atoms with E-state index < -0.39 is 12.3 Å². The van der Waals surface area contributed by atoms with E-state index in [9.17, 15) is 4.39 Å². The van der Waals surface area contributed by atoms with Crippen LogP contribution in [-0.4, -0.2) is 45.2 Å². The van der Waals surface area contributed by atoms with Crippen LogP contribution in [-0.2, 0) is 17.9 Å². The molecule has 25 heavy (non-hydrogen) atoms. The van der Waals surface area contributed by atoms with Crippen molar-refractivity contribution in [2.45, 2.75) is 32.4 Å². The van der Waals surface area contributed by atoms with Gasteiger partial charge in [0.05, 0.1) is 16.7 Å². The van der Waals surface area contributed by atoms with Crippen LogP contribution in [0.25, 0.3) is 11.0 Å². The number of hydrogen-bond donors (Lipinski definition) is 1. The predicted molar refractivity (Wildman–Crippen MR) is 93.8 cm³/mol. The van der Waals surface area contributed by atoms with Gasteiger partial charge in [-0.25, -0.2) is 9.37 Å². The van der Waals surface area contributed by atoms with Crippen LogP contribution >= 0.6 is 0 Å². The number of imidazole rings is 1. The lowest BCUT2D eigenvalue weighted by Gasteiger charge is -2.15. The maximum absolute atomic E-state index is 14.3. The van der Waals surface area contributed by atoms with Crippen LogP contribution in [0.5, 0.6) is 0 Å². The summed E-state index contributed by atoms with van der Waals surface area (Å²) in [5.41, 5.74) is 3.81. The molecule has 5 nitrogen and oxygen atoms in total. The summed E-state index contributed by atoms with van der Waals surface area (Å²) in [7, 11) is 0. The molecule has 0 radical (unpaired) electrons. The molecule has 4 rings (SSSR count). The Balaban J connectivity index is 1.35. The van der Waals surface area contributed by atoms with Crippen LogP contribution in [0.1, 0.15) is 17.2 Å².